The molecule has 0 fully saturated rings. The zero-order chi connectivity index (χ0) is 13.4. The minimum Gasteiger partial charge on any atom is -0.338 e. The number of amides is 1. The van der Waals surface area contributed by atoms with E-state index < -0.39 is 0 Å². The number of nitrogens with zero attached hydrogens (tertiary/aromatic N) is 3. The van der Waals surface area contributed by atoms with Gasteiger partial charge in [-0.3, -0.25) is 9.20 Å². The number of imidazole rings is 1. The molecule has 96 valence electrons. The van der Waals surface area contributed by atoms with E-state index in [1.165, 1.54) is 0 Å². The Hall–Kier alpha value is -1.84. The van der Waals surface area contributed by atoms with Crippen molar-refractivity contribution in [1.29, 1.82) is 0 Å². The number of pyridine rings is 1. The maximum atomic E-state index is 12.4. The molecule has 0 radical (unpaired) electrons. The summed E-state index contributed by atoms with van der Waals surface area (Å²) < 4.78 is 1.86. The Kier molecular flexibility index (Phi) is 3.11. The quantitative estimate of drug-likeness (QED) is 0.815. The van der Waals surface area contributed by atoms with Crippen molar-refractivity contribution in [3.8, 4) is 0 Å². The molecule has 18 heavy (non-hydrogen) atoms. The average Bonchev–Trinajstić information content (AvgIpc) is 2.62. The van der Waals surface area contributed by atoms with Gasteiger partial charge in [0.2, 0.25) is 0 Å². The van der Waals surface area contributed by atoms with Crippen LogP contribution in [0.3, 0.4) is 0 Å². The van der Waals surface area contributed by atoms with Crippen LogP contribution in [0, 0.1) is 13.8 Å². The molecular weight excluding hydrogens is 226 g/mol. The maximum absolute atomic E-state index is 12.4. The largest absolute Gasteiger partial charge is 0.338 e. The highest BCUT2D eigenvalue weighted by Gasteiger charge is 2.21. The van der Waals surface area contributed by atoms with Gasteiger partial charge in [-0.1, -0.05) is 0 Å². The van der Waals surface area contributed by atoms with Crippen LogP contribution in [0.25, 0.3) is 5.65 Å². The SMILES string of the molecule is Cc1ccn2c(C(=O)N(C)C(C)C)c(C)nc2c1. The van der Waals surface area contributed by atoms with Crippen LogP contribution in [0.5, 0.6) is 0 Å². The van der Waals surface area contributed by atoms with Crippen LogP contribution in [-0.2, 0) is 0 Å². The first kappa shape index (κ1) is 12.6. The summed E-state index contributed by atoms with van der Waals surface area (Å²) in [5.41, 5.74) is 3.40. The lowest BCUT2D eigenvalue weighted by molar-refractivity contribution is 0.0747. The van der Waals surface area contributed by atoms with Gasteiger partial charge >= 0.3 is 0 Å². The van der Waals surface area contributed by atoms with E-state index in [9.17, 15) is 4.79 Å². The van der Waals surface area contributed by atoms with Crippen LogP contribution in [0.15, 0.2) is 18.3 Å². The van der Waals surface area contributed by atoms with E-state index in [0.717, 1.165) is 16.9 Å². The fourth-order valence-electron chi connectivity index (χ4n) is 1.92. The Bertz CT molecular complexity index is 598. The molecule has 4 heteroatoms. The summed E-state index contributed by atoms with van der Waals surface area (Å²) in [4.78, 5) is 18.6. The zero-order valence-electron chi connectivity index (χ0n) is 11.6. The molecule has 0 aromatic carbocycles. The summed E-state index contributed by atoms with van der Waals surface area (Å²) in [5, 5.41) is 0. The Labute approximate surface area is 107 Å². The minimum atomic E-state index is 0.0128. The van der Waals surface area contributed by atoms with Crippen molar-refractivity contribution in [2.24, 2.45) is 0 Å². The standard InChI is InChI=1S/C14H19N3O/c1-9(2)16(5)14(18)13-11(4)15-12-8-10(3)6-7-17(12)13/h6-9H,1-5H3. The predicted octanol–water partition coefficient (Wildman–Crippen LogP) is 2.43. The van der Waals surface area contributed by atoms with E-state index in [4.69, 9.17) is 0 Å². The second kappa shape index (κ2) is 4.44. The van der Waals surface area contributed by atoms with Crippen LogP contribution < -0.4 is 0 Å². The van der Waals surface area contributed by atoms with E-state index in [1.807, 2.05) is 57.5 Å². The molecule has 2 aromatic heterocycles. The Morgan fingerprint density at radius 1 is 1.39 bits per heavy atom. The van der Waals surface area contributed by atoms with E-state index in [-0.39, 0.29) is 11.9 Å². The van der Waals surface area contributed by atoms with Crippen LogP contribution in [0.1, 0.15) is 35.6 Å². The lowest BCUT2D eigenvalue weighted by Gasteiger charge is -2.21. The highest BCUT2D eigenvalue weighted by molar-refractivity contribution is 5.94. The Balaban J connectivity index is 2.57. The summed E-state index contributed by atoms with van der Waals surface area (Å²) in [7, 11) is 1.82. The van der Waals surface area contributed by atoms with Gasteiger partial charge in [-0.25, -0.2) is 4.98 Å². The molecule has 1 amide bonds. The van der Waals surface area contributed by atoms with Crippen LogP contribution in [0.4, 0.5) is 0 Å². The summed E-state index contributed by atoms with van der Waals surface area (Å²) in [6.45, 7) is 7.90. The first-order chi connectivity index (χ1) is 8.41. The highest BCUT2D eigenvalue weighted by atomic mass is 16.2. The van der Waals surface area contributed by atoms with E-state index in [1.54, 1.807) is 4.90 Å². The van der Waals surface area contributed by atoms with Gasteiger partial charge in [0.1, 0.15) is 11.3 Å². The van der Waals surface area contributed by atoms with Gasteiger partial charge in [-0.05, 0) is 45.4 Å². The molecule has 0 saturated carbocycles. The van der Waals surface area contributed by atoms with Crippen molar-refractivity contribution in [3.05, 3.63) is 35.3 Å². The van der Waals surface area contributed by atoms with Crippen LogP contribution in [0.2, 0.25) is 0 Å². The Morgan fingerprint density at radius 2 is 2.06 bits per heavy atom. The molecule has 0 atom stereocenters. The summed E-state index contributed by atoms with van der Waals surface area (Å²) in [6, 6.07) is 4.15. The predicted molar refractivity (Wildman–Crippen MR) is 71.9 cm³/mol. The third kappa shape index (κ3) is 1.98. The Morgan fingerprint density at radius 3 is 2.67 bits per heavy atom. The number of hydrogen-bond donors (Lipinski definition) is 0. The molecule has 0 spiro atoms. The third-order valence-corrected chi connectivity index (χ3v) is 3.25. The smallest absolute Gasteiger partial charge is 0.272 e. The highest BCUT2D eigenvalue weighted by Crippen LogP contribution is 2.16. The van der Waals surface area contributed by atoms with Crippen molar-refractivity contribution in [3.63, 3.8) is 0 Å². The first-order valence-electron chi connectivity index (χ1n) is 6.14. The van der Waals surface area contributed by atoms with Crippen molar-refractivity contribution in [2.45, 2.75) is 33.7 Å². The summed E-state index contributed by atoms with van der Waals surface area (Å²) >= 11 is 0. The molecule has 0 aliphatic heterocycles. The van der Waals surface area contributed by atoms with Gasteiger partial charge in [0.05, 0.1) is 5.69 Å². The van der Waals surface area contributed by atoms with Crippen molar-refractivity contribution in [1.82, 2.24) is 14.3 Å². The summed E-state index contributed by atoms with van der Waals surface area (Å²) in [6.07, 6.45) is 1.91. The fraction of sp³-hybridized carbons (Fsp3) is 0.429. The molecule has 0 N–H and O–H groups in total. The molecule has 2 rings (SSSR count). The normalized spacial score (nSPS) is 11.2. The zero-order valence-corrected chi connectivity index (χ0v) is 11.6. The number of aromatic nitrogens is 2. The molecular formula is C14H19N3O. The minimum absolute atomic E-state index is 0.0128. The lowest BCUT2D eigenvalue weighted by Crippen LogP contribution is -2.34. The monoisotopic (exact) mass is 245 g/mol. The van der Waals surface area contributed by atoms with Gasteiger partial charge in [0.25, 0.3) is 5.91 Å². The second-order valence-corrected chi connectivity index (χ2v) is 4.99. The molecule has 0 unspecified atom stereocenters. The topological polar surface area (TPSA) is 37.6 Å². The van der Waals surface area contributed by atoms with Crippen LogP contribution in [-0.4, -0.2) is 33.3 Å². The van der Waals surface area contributed by atoms with Gasteiger partial charge in [-0.2, -0.15) is 0 Å². The van der Waals surface area contributed by atoms with Crippen LogP contribution >= 0.6 is 0 Å². The number of hydrogen-bond acceptors (Lipinski definition) is 2. The lowest BCUT2D eigenvalue weighted by atomic mass is 10.2. The van der Waals surface area contributed by atoms with E-state index in [0.29, 0.717) is 5.69 Å². The van der Waals surface area contributed by atoms with Crippen molar-refractivity contribution in [2.75, 3.05) is 7.05 Å². The van der Waals surface area contributed by atoms with E-state index >= 15 is 0 Å². The maximum Gasteiger partial charge on any atom is 0.272 e. The fourth-order valence-corrected chi connectivity index (χ4v) is 1.92. The van der Waals surface area contributed by atoms with Crippen molar-refractivity contribution >= 4 is 11.6 Å². The molecule has 2 heterocycles. The van der Waals surface area contributed by atoms with Gasteiger partial charge in [-0.15, -0.1) is 0 Å². The van der Waals surface area contributed by atoms with Gasteiger partial charge < -0.3 is 4.90 Å². The number of rotatable bonds is 2. The number of aryl methyl sites for hydroxylation is 2. The van der Waals surface area contributed by atoms with Crippen molar-refractivity contribution < 1.29 is 4.79 Å². The van der Waals surface area contributed by atoms with Gasteiger partial charge in [0, 0.05) is 19.3 Å². The molecule has 4 nitrogen and oxygen atoms in total. The summed E-state index contributed by atoms with van der Waals surface area (Å²) in [5.74, 6) is 0.0128. The third-order valence-electron chi connectivity index (χ3n) is 3.25. The molecule has 0 saturated heterocycles. The molecule has 0 aliphatic rings. The number of carbonyl (C=O) groups is 1. The second-order valence-electron chi connectivity index (χ2n) is 4.99. The van der Waals surface area contributed by atoms with Gasteiger partial charge in [0.15, 0.2) is 0 Å². The molecule has 2 aromatic rings. The number of carbonyl (C=O) groups excluding carboxylic acids is 1. The first-order valence-corrected chi connectivity index (χ1v) is 6.14. The number of fused-ring (bicyclic) bond motifs is 1. The van der Waals surface area contributed by atoms with E-state index in [2.05, 4.69) is 4.98 Å². The average molecular weight is 245 g/mol. The molecule has 0 aliphatic carbocycles. The molecule has 0 bridgehead atoms.